The van der Waals surface area contributed by atoms with Crippen LogP contribution in [0.1, 0.15) is 37.1 Å². The normalized spacial score (nSPS) is 21.3. The Morgan fingerprint density at radius 3 is 2.54 bits per heavy atom. The van der Waals surface area contributed by atoms with Gasteiger partial charge in [0.15, 0.2) is 15.1 Å². The number of benzene rings is 1. The number of ether oxygens (including phenoxy) is 1. The Kier molecular flexibility index (Phi) is 5.66. The van der Waals surface area contributed by atoms with Crippen molar-refractivity contribution in [2.75, 3.05) is 31.2 Å². The van der Waals surface area contributed by atoms with E-state index in [4.69, 9.17) is 16.3 Å². The number of alkyl halides is 2. The average Bonchev–Trinajstić information content (AvgIpc) is 3.28. The van der Waals surface area contributed by atoms with Crippen molar-refractivity contribution in [3.63, 3.8) is 0 Å². The van der Waals surface area contributed by atoms with Crippen LogP contribution in [-0.2, 0) is 16.1 Å². The Bertz CT molecular complexity index is 1330. The highest BCUT2D eigenvalue weighted by atomic mass is 35.5. The van der Waals surface area contributed by atoms with Gasteiger partial charge in [0.25, 0.3) is 6.43 Å². The minimum absolute atomic E-state index is 0.138. The molecule has 1 spiro atoms. The van der Waals surface area contributed by atoms with E-state index < -0.39 is 28.3 Å². The number of anilines is 1. The molecule has 3 fully saturated rings. The highest BCUT2D eigenvalue weighted by Crippen LogP contribution is 2.44. The number of halogens is 3. The molecule has 2 saturated heterocycles. The molecule has 14 heteroatoms. The van der Waals surface area contributed by atoms with Crippen molar-refractivity contribution in [2.45, 2.75) is 42.5 Å². The Morgan fingerprint density at radius 1 is 1.23 bits per heavy atom. The Balaban J connectivity index is 1.44. The molecule has 0 bridgehead atoms. The van der Waals surface area contributed by atoms with E-state index in [1.807, 2.05) is 6.07 Å². The van der Waals surface area contributed by atoms with Crippen LogP contribution in [0, 0.1) is 16.7 Å². The first-order chi connectivity index (χ1) is 16.8. The van der Waals surface area contributed by atoms with Gasteiger partial charge in [0, 0.05) is 30.6 Å². The molecule has 0 amide bonds. The number of rotatable bonds is 6. The molecule has 1 N–H and O–H groups in total. The molecule has 35 heavy (non-hydrogen) atoms. The quantitative estimate of drug-likeness (QED) is 0.471. The summed E-state index contributed by atoms with van der Waals surface area (Å²) < 4.78 is 49.3. The molecule has 6 rings (SSSR count). The second-order valence-electron chi connectivity index (χ2n) is 9.31. The van der Waals surface area contributed by atoms with Gasteiger partial charge >= 0.3 is 0 Å². The summed E-state index contributed by atoms with van der Waals surface area (Å²) >= 11 is 5.62. The van der Waals surface area contributed by atoms with Gasteiger partial charge in [0.1, 0.15) is 5.54 Å². The fraction of sp³-hybridized carbons (Fsp3) is 0.524. The molecule has 184 valence electrons. The zero-order valence-corrected chi connectivity index (χ0v) is 20.7. The molecule has 4 heterocycles. The summed E-state index contributed by atoms with van der Waals surface area (Å²) in [6, 6.07) is 5.66. The topological polar surface area (TPSA) is 115 Å². The van der Waals surface area contributed by atoms with Crippen LogP contribution in [0.5, 0.6) is 0 Å². The van der Waals surface area contributed by atoms with Crippen molar-refractivity contribution in [2.24, 2.45) is 5.41 Å². The number of nitriles is 1. The first-order valence-electron chi connectivity index (χ1n) is 11.1. The number of fused-ring (bicyclic) bond motifs is 1. The fourth-order valence-corrected chi connectivity index (χ4v) is 6.65. The third kappa shape index (κ3) is 4.06. The second-order valence-corrected chi connectivity index (χ2v) is 11.9. The fourth-order valence-electron chi connectivity index (χ4n) is 4.56. The highest BCUT2D eigenvalue weighted by Gasteiger charge is 2.48. The summed E-state index contributed by atoms with van der Waals surface area (Å²) in [6.07, 6.45) is 0.421. The van der Waals surface area contributed by atoms with Crippen LogP contribution in [-0.4, -0.2) is 56.4 Å². The molecular formula is C21H20ClF2N7O2S2. The zero-order chi connectivity index (χ0) is 24.4. The maximum absolute atomic E-state index is 13.3. The van der Waals surface area contributed by atoms with Crippen molar-refractivity contribution in [3.05, 3.63) is 22.3 Å². The maximum Gasteiger partial charge on any atom is 0.291 e. The smallest absolute Gasteiger partial charge is 0.291 e. The molecule has 2 aliphatic heterocycles. The van der Waals surface area contributed by atoms with Gasteiger partial charge in [-0.05, 0) is 25.7 Å². The lowest BCUT2D eigenvalue weighted by molar-refractivity contribution is -0.124. The summed E-state index contributed by atoms with van der Waals surface area (Å²) in [5.41, 5.74) is 0.683. The number of nitrogens with zero attached hydrogens (tertiary/aromatic N) is 6. The second kappa shape index (κ2) is 8.50. The minimum atomic E-state index is -2.75. The molecule has 2 aromatic heterocycles. The standard InChI is InChI=1S/C21H20ClF2N7O2S2/c22-16-15-13(30-5-3-20(4-6-30)10-33-11-20)7-12(35(32)29-21(9-25)1-2-21)8-14(15)31(28-16)19-27-26-18(34-19)17(23)24/h7-8,17,29H,1-6,10-11H2. The van der Waals surface area contributed by atoms with E-state index in [2.05, 4.69) is 31.0 Å². The first kappa shape index (κ1) is 23.3. The van der Waals surface area contributed by atoms with Gasteiger partial charge < -0.3 is 14.2 Å². The van der Waals surface area contributed by atoms with Crippen molar-refractivity contribution >= 4 is 50.9 Å². The summed E-state index contributed by atoms with van der Waals surface area (Å²) in [5, 5.41) is 21.8. The van der Waals surface area contributed by atoms with E-state index in [9.17, 15) is 18.6 Å². The van der Waals surface area contributed by atoms with Crippen LogP contribution in [0.3, 0.4) is 0 Å². The third-order valence-electron chi connectivity index (χ3n) is 6.94. The van der Waals surface area contributed by atoms with E-state index in [-0.39, 0.29) is 15.7 Å². The van der Waals surface area contributed by atoms with Crippen LogP contribution in [0.2, 0.25) is 5.15 Å². The Morgan fingerprint density at radius 2 is 1.97 bits per heavy atom. The molecule has 1 aliphatic carbocycles. The van der Waals surface area contributed by atoms with Gasteiger partial charge in [0.2, 0.25) is 5.13 Å². The summed E-state index contributed by atoms with van der Waals surface area (Å²) in [5.74, 6) is 0. The van der Waals surface area contributed by atoms with Crippen molar-refractivity contribution in [1.82, 2.24) is 24.7 Å². The van der Waals surface area contributed by atoms with E-state index in [1.165, 1.54) is 4.68 Å². The number of hydrogen-bond donors (Lipinski definition) is 1. The van der Waals surface area contributed by atoms with E-state index in [0.29, 0.717) is 28.6 Å². The van der Waals surface area contributed by atoms with Crippen LogP contribution in [0.4, 0.5) is 14.5 Å². The van der Waals surface area contributed by atoms with Crippen LogP contribution < -0.4 is 9.62 Å². The highest BCUT2D eigenvalue weighted by molar-refractivity contribution is 7.89. The number of aromatic nitrogens is 4. The molecular weight excluding hydrogens is 520 g/mol. The van der Waals surface area contributed by atoms with Crippen LogP contribution >= 0.6 is 22.9 Å². The van der Waals surface area contributed by atoms with E-state index >= 15 is 0 Å². The van der Waals surface area contributed by atoms with Gasteiger partial charge in [-0.15, -0.1) is 14.9 Å². The molecule has 3 aliphatic rings. The first-order valence-corrected chi connectivity index (χ1v) is 13.4. The number of hydrogen-bond acceptors (Lipinski definition) is 9. The monoisotopic (exact) mass is 539 g/mol. The SMILES string of the molecule is N#CC1(N[S+]([O-])c2cc(N3CCC4(CC3)COC4)c3c(Cl)nn(-c4nnc(C(F)F)s4)c3c2)CC1. The average molecular weight is 540 g/mol. The third-order valence-corrected chi connectivity index (χ3v) is 9.35. The lowest BCUT2D eigenvalue weighted by Gasteiger charge is -2.48. The van der Waals surface area contributed by atoms with Crippen LogP contribution in [0.15, 0.2) is 17.0 Å². The van der Waals surface area contributed by atoms with Crippen molar-refractivity contribution in [1.29, 1.82) is 5.26 Å². The maximum atomic E-state index is 13.3. The molecule has 1 aromatic carbocycles. The van der Waals surface area contributed by atoms with Crippen molar-refractivity contribution < 1.29 is 18.1 Å². The number of nitrogens with one attached hydrogen (secondary N) is 1. The molecule has 9 nitrogen and oxygen atoms in total. The zero-order valence-electron chi connectivity index (χ0n) is 18.3. The minimum Gasteiger partial charge on any atom is -0.593 e. The van der Waals surface area contributed by atoms with Gasteiger partial charge in [0.05, 0.1) is 47.2 Å². The van der Waals surface area contributed by atoms with E-state index in [1.54, 1.807) is 6.07 Å². The Hall–Kier alpha value is -2.08. The van der Waals surface area contributed by atoms with Gasteiger partial charge in [-0.1, -0.05) is 22.9 Å². The van der Waals surface area contributed by atoms with Crippen molar-refractivity contribution in [3.8, 4) is 11.2 Å². The lowest BCUT2D eigenvalue weighted by Crippen LogP contribution is -2.51. The molecule has 1 atom stereocenters. The largest absolute Gasteiger partial charge is 0.593 e. The van der Waals surface area contributed by atoms with Gasteiger partial charge in [-0.3, -0.25) is 0 Å². The van der Waals surface area contributed by atoms with Gasteiger partial charge in [-0.2, -0.15) is 10.4 Å². The lowest BCUT2D eigenvalue weighted by atomic mass is 9.76. The molecule has 1 saturated carbocycles. The summed E-state index contributed by atoms with van der Waals surface area (Å²) in [7, 11) is 0. The molecule has 3 aromatic rings. The predicted octanol–water partition coefficient (Wildman–Crippen LogP) is 3.75. The molecule has 0 radical (unpaired) electrons. The predicted molar refractivity (Wildman–Crippen MR) is 126 cm³/mol. The van der Waals surface area contributed by atoms with E-state index in [0.717, 1.165) is 56.2 Å². The summed E-state index contributed by atoms with van der Waals surface area (Å²) in [4.78, 5) is 2.63. The number of piperidine rings is 1. The van der Waals surface area contributed by atoms with Crippen LogP contribution in [0.25, 0.3) is 16.0 Å². The molecule has 1 unspecified atom stereocenters. The summed E-state index contributed by atoms with van der Waals surface area (Å²) in [6.45, 7) is 3.06. The Labute approximate surface area is 211 Å². The van der Waals surface area contributed by atoms with Gasteiger partial charge in [-0.25, -0.2) is 13.5 Å².